The first-order valence-electron chi connectivity index (χ1n) is 7.47. The summed E-state index contributed by atoms with van der Waals surface area (Å²) in [4.78, 5) is 33.7. The van der Waals surface area contributed by atoms with E-state index in [-0.39, 0.29) is 12.3 Å². The van der Waals surface area contributed by atoms with Crippen LogP contribution in [0.15, 0.2) is 42.5 Å². The van der Waals surface area contributed by atoms with Gasteiger partial charge >= 0.3 is 0 Å². The molecule has 0 aliphatic rings. The summed E-state index contributed by atoms with van der Waals surface area (Å²) in [6.45, 7) is 2.90. The molecule has 0 spiro atoms. The number of nitro groups is 1. The Labute approximate surface area is 139 Å². The van der Waals surface area contributed by atoms with E-state index in [0.29, 0.717) is 16.8 Å². The summed E-state index contributed by atoms with van der Waals surface area (Å²) in [7, 11) is 0. The van der Waals surface area contributed by atoms with Crippen LogP contribution in [0.25, 0.3) is 0 Å². The van der Waals surface area contributed by atoms with Crippen LogP contribution in [0.2, 0.25) is 0 Å². The molecule has 0 heterocycles. The molecule has 0 bridgehead atoms. The van der Waals surface area contributed by atoms with Gasteiger partial charge in [-0.25, -0.2) is 0 Å². The lowest BCUT2D eigenvalue weighted by atomic mass is 10.0. The van der Waals surface area contributed by atoms with Crippen LogP contribution in [0.4, 0.5) is 5.69 Å². The number of anilines is 1. The van der Waals surface area contributed by atoms with Crippen molar-refractivity contribution in [1.82, 2.24) is 0 Å². The van der Waals surface area contributed by atoms with Gasteiger partial charge in [0.2, 0.25) is 11.7 Å². The molecular weight excluding hydrogens is 308 g/mol. The van der Waals surface area contributed by atoms with Crippen LogP contribution < -0.4 is 5.32 Å². The first-order valence-corrected chi connectivity index (χ1v) is 7.47. The highest BCUT2D eigenvalue weighted by Gasteiger charge is 2.15. The SMILES string of the molecule is Cc1ccccc1CC(=O)Nc1ccc(C(=O)C[N+](=O)[O-])c(C)c1. The van der Waals surface area contributed by atoms with Crippen LogP contribution in [0.3, 0.4) is 0 Å². The Balaban J connectivity index is 2.07. The third kappa shape index (κ3) is 4.49. The van der Waals surface area contributed by atoms with Crippen molar-refractivity contribution in [2.24, 2.45) is 0 Å². The molecule has 0 atom stereocenters. The van der Waals surface area contributed by atoms with Crippen molar-refractivity contribution in [2.45, 2.75) is 20.3 Å². The molecule has 0 saturated heterocycles. The Morgan fingerprint density at radius 1 is 1.08 bits per heavy atom. The molecule has 1 amide bonds. The Morgan fingerprint density at radius 2 is 1.79 bits per heavy atom. The highest BCUT2D eigenvalue weighted by atomic mass is 16.6. The monoisotopic (exact) mass is 326 g/mol. The highest BCUT2D eigenvalue weighted by Crippen LogP contribution is 2.17. The smallest absolute Gasteiger partial charge is 0.265 e. The van der Waals surface area contributed by atoms with Crippen molar-refractivity contribution in [3.63, 3.8) is 0 Å². The number of hydrogen-bond acceptors (Lipinski definition) is 4. The van der Waals surface area contributed by atoms with Crippen molar-refractivity contribution in [3.05, 3.63) is 74.8 Å². The number of hydrogen-bond donors (Lipinski definition) is 1. The summed E-state index contributed by atoms with van der Waals surface area (Å²) in [6, 6.07) is 12.4. The van der Waals surface area contributed by atoms with Crippen molar-refractivity contribution in [3.8, 4) is 0 Å². The molecule has 2 aromatic rings. The number of nitrogens with one attached hydrogen (secondary N) is 1. The average Bonchev–Trinajstić information content (AvgIpc) is 2.48. The van der Waals surface area contributed by atoms with Gasteiger partial charge in [0.1, 0.15) is 0 Å². The molecule has 1 N–H and O–H groups in total. The molecule has 24 heavy (non-hydrogen) atoms. The third-order valence-corrected chi connectivity index (χ3v) is 3.70. The van der Waals surface area contributed by atoms with Crippen LogP contribution in [0.1, 0.15) is 27.0 Å². The second kappa shape index (κ2) is 7.50. The Bertz CT molecular complexity index is 799. The predicted molar refractivity (Wildman–Crippen MR) is 90.9 cm³/mol. The number of carbonyl (C=O) groups is 2. The number of benzene rings is 2. The lowest BCUT2D eigenvalue weighted by Crippen LogP contribution is -2.17. The lowest BCUT2D eigenvalue weighted by molar-refractivity contribution is -0.465. The van der Waals surface area contributed by atoms with Gasteiger partial charge < -0.3 is 5.32 Å². The number of aryl methyl sites for hydroxylation is 2. The van der Waals surface area contributed by atoms with Crippen LogP contribution in [0.5, 0.6) is 0 Å². The molecule has 0 aliphatic carbocycles. The standard InChI is InChI=1S/C18H18N2O4/c1-12-5-3-4-6-14(12)10-18(22)19-15-7-8-16(13(2)9-15)17(21)11-20(23)24/h3-9H,10-11H2,1-2H3,(H,19,22). The summed E-state index contributed by atoms with van der Waals surface area (Å²) >= 11 is 0. The molecule has 0 aliphatic heterocycles. The van der Waals surface area contributed by atoms with E-state index < -0.39 is 17.3 Å². The van der Waals surface area contributed by atoms with Gasteiger partial charge in [0, 0.05) is 16.2 Å². The molecule has 124 valence electrons. The number of ketones is 1. The largest absolute Gasteiger partial charge is 0.326 e. The number of Topliss-reactive ketones (excluding diaryl/α,β-unsaturated/α-hetero) is 1. The molecule has 0 unspecified atom stereocenters. The first-order chi connectivity index (χ1) is 11.4. The maximum atomic E-state index is 12.1. The number of carbonyl (C=O) groups excluding carboxylic acids is 2. The van der Waals surface area contributed by atoms with Gasteiger partial charge in [0.05, 0.1) is 6.42 Å². The van der Waals surface area contributed by atoms with Gasteiger partial charge in [-0.1, -0.05) is 24.3 Å². The fourth-order valence-electron chi connectivity index (χ4n) is 2.44. The third-order valence-electron chi connectivity index (χ3n) is 3.70. The Kier molecular flexibility index (Phi) is 5.42. The summed E-state index contributed by atoms with van der Waals surface area (Å²) in [5.41, 5.74) is 3.44. The number of amides is 1. The van der Waals surface area contributed by atoms with E-state index >= 15 is 0 Å². The zero-order valence-corrected chi connectivity index (χ0v) is 13.5. The van der Waals surface area contributed by atoms with Gasteiger partial charge in [-0.05, 0) is 48.7 Å². The van der Waals surface area contributed by atoms with Crippen LogP contribution in [-0.2, 0) is 11.2 Å². The number of nitrogens with zero attached hydrogens (tertiary/aromatic N) is 1. The molecular formula is C18H18N2O4. The predicted octanol–water partition coefficient (Wildman–Crippen LogP) is 2.94. The average molecular weight is 326 g/mol. The molecule has 0 aromatic heterocycles. The van der Waals surface area contributed by atoms with E-state index in [4.69, 9.17) is 0 Å². The minimum atomic E-state index is -0.736. The van der Waals surface area contributed by atoms with Crippen LogP contribution in [-0.4, -0.2) is 23.2 Å². The van der Waals surface area contributed by atoms with Gasteiger partial charge in [-0.3, -0.25) is 19.7 Å². The highest BCUT2D eigenvalue weighted by molar-refractivity contribution is 5.99. The van der Waals surface area contributed by atoms with E-state index in [1.54, 1.807) is 19.1 Å². The van der Waals surface area contributed by atoms with Crippen molar-refractivity contribution < 1.29 is 14.5 Å². The maximum Gasteiger partial charge on any atom is 0.265 e. The second-order valence-corrected chi connectivity index (χ2v) is 5.60. The minimum Gasteiger partial charge on any atom is -0.326 e. The number of rotatable bonds is 6. The lowest BCUT2D eigenvalue weighted by Gasteiger charge is -2.09. The van der Waals surface area contributed by atoms with Gasteiger partial charge in [-0.15, -0.1) is 0 Å². The first kappa shape index (κ1) is 17.3. The Hall–Kier alpha value is -3.02. The van der Waals surface area contributed by atoms with Crippen LogP contribution >= 0.6 is 0 Å². The van der Waals surface area contributed by atoms with Gasteiger partial charge in [0.25, 0.3) is 6.54 Å². The zero-order chi connectivity index (χ0) is 17.7. The van der Waals surface area contributed by atoms with E-state index in [1.165, 1.54) is 6.07 Å². The fourth-order valence-corrected chi connectivity index (χ4v) is 2.44. The molecule has 0 saturated carbocycles. The van der Waals surface area contributed by atoms with E-state index in [1.807, 2.05) is 31.2 Å². The van der Waals surface area contributed by atoms with Gasteiger partial charge in [-0.2, -0.15) is 0 Å². The topological polar surface area (TPSA) is 89.3 Å². The van der Waals surface area contributed by atoms with E-state index in [9.17, 15) is 19.7 Å². The quantitative estimate of drug-likeness (QED) is 0.502. The second-order valence-electron chi connectivity index (χ2n) is 5.60. The molecule has 2 rings (SSSR count). The van der Waals surface area contributed by atoms with Crippen LogP contribution in [0, 0.1) is 24.0 Å². The maximum absolute atomic E-state index is 12.1. The summed E-state index contributed by atoms with van der Waals surface area (Å²) in [5.74, 6) is -0.705. The normalized spacial score (nSPS) is 10.2. The van der Waals surface area contributed by atoms with Crippen molar-refractivity contribution in [1.29, 1.82) is 0 Å². The van der Waals surface area contributed by atoms with Crippen molar-refractivity contribution in [2.75, 3.05) is 11.9 Å². The molecule has 6 heteroatoms. The van der Waals surface area contributed by atoms with Gasteiger partial charge in [0.15, 0.2) is 0 Å². The molecule has 2 aromatic carbocycles. The molecule has 0 fully saturated rings. The summed E-state index contributed by atoms with van der Waals surface area (Å²) in [6.07, 6.45) is 0.258. The summed E-state index contributed by atoms with van der Waals surface area (Å²) < 4.78 is 0. The Morgan fingerprint density at radius 3 is 2.42 bits per heavy atom. The summed E-state index contributed by atoms with van der Waals surface area (Å²) in [5, 5.41) is 13.2. The van der Waals surface area contributed by atoms with E-state index in [2.05, 4.69) is 5.32 Å². The molecule has 0 radical (unpaired) electrons. The molecule has 6 nitrogen and oxygen atoms in total. The van der Waals surface area contributed by atoms with Crippen molar-refractivity contribution >= 4 is 17.4 Å². The zero-order valence-electron chi connectivity index (χ0n) is 13.5. The minimum absolute atomic E-state index is 0.159. The fraction of sp³-hybridized carbons (Fsp3) is 0.222. The van der Waals surface area contributed by atoms with E-state index in [0.717, 1.165) is 11.1 Å².